The number of benzene rings is 2. The third-order valence-corrected chi connectivity index (χ3v) is 4.31. The van der Waals surface area contributed by atoms with E-state index in [0.29, 0.717) is 11.3 Å². The molecule has 0 aliphatic carbocycles. The fourth-order valence-electron chi connectivity index (χ4n) is 2.96. The molecule has 4 aromatic rings. The summed E-state index contributed by atoms with van der Waals surface area (Å²) in [5, 5.41) is 15.8. The molecule has 0 bridgehead atoms. The Morgan fingerprint density at radius 3 is 2.71 bits per heavy atom. The van der Waals surface area contributed by atoms with E-state index in [1.54, 1.807) is 24.4 Å². The van der Waals surface area contributed by atoms with Crippen molar-refractivity contribution in [1.29, 1.82) is 0 Å². The second kappa shape index (κ2) is 7.20. The van der Waals surface area contributed by atoms with Crippen LogP contribution in [0.5, 0.6) is 0 Å². The summed E-state index contributed by atoms with van der Waals surface area (Å²) in [5.74, 6) is -0.322. The summed E-state index contributed by atoms with van der Waals surface area (Å²) in [6.45, 7) is 0. The lowest BCUT2D eigenvalue weighted by Crippen LogP contribution is -2.18. The van der Waals surface area contributed by atoms with Gasteiger partial charge in [0, 0.05) is 35.6 Å². The Balaban J connectivity index is 1.52. The molecule has 0 spiro atoms. The number of aromatic nitrogens is 2. The molecule has 8 heteroatoms. The van der Waals surface area contributed by atoms with Gasteiger partial charge in [0.1, 0.15) is 0 Å². The van der Waals surface area contributed by atoms with Crippen LogP contribution in [0.15, 0.2) is 78.2 Å². The first kappa shape index (κ1) is 17.2. The van der Waals surface area contributed by atoms with E-state index in [1.165, 1.54) is 18.3 Å². The summed E-state index contributed by atoms with van der Waals surface area (Å²) in [6, 6.07) is 17.2. The minimum absolute atomic E-state index is 0.0249. The van der Waals surface area contributed by atoms with Gasteiger partial charge in [-0.2, -0.15) is 5.10 Å². The maximum atomic E-state index is 12.4. The Bertz CT molecular complexity index is 1190. The van der Waals surface area contributed by atoms with E-state index in [-0.39, 0.29) is 11.6 Å². The van der Waals surface area contributed by atoms with Gasteiger partial charge in [-0.15, -0.1) is 0 Å². The number of carbonyl (C=O) groups is 1. The van der Waals surface area contributed by atoms with Gasteiger partial charge in [0.25, 0.3) is 11.6 Å². The number of amides is 1. The van der Waals surface area contributed by atoms with Gasteiger partial charge in [-0.05, 0) is 36.4 Å². The summed E-state index contributed by atoms with van der Waals surface area (Å²) >= 11 is 0. The zero-order valence-electron chi connectivity index (χ0n) is 14.6. The van der Waals surface area contributed by atoms with Gasteiger partial charge in [0.2, 0.25) is 0 Å². The molecule has 1 amide bonds. The lowest BCUT2D eigenvalue weighted by atomic mass is 10.1. The molecule has 0 radical (unpaired) electrons. The number of nitro benzene ring substituents is 1. The average Bonchev–Trinajstić information content (AvgIpc) is 3.37. The smallest absolute Gasteiger partial charge is 0.273 e. The van der Waals surface area contributed by atoms with E-state index in [2.05, 4.69) is 15.5 Å². The third-order valence-electron chi connectivity index (χ3n) is 4.31. The van der Waals surface area contributed by atoms with Crippen LogP contribution in [0.1, 0.15) is 16.1 Å². The van der Waals surface area contributed by atoms with Crippen molar-refractivity contribution in [1.82, 2.24) is 15.0 Å². The Morgan fingerprint density at radius 1 is 1.11 bits per heavy atom. The topological polar surface area (TPSA) is 105 Å². The molecule has 0 atom stereocenters. The summed E-state index contributed by atoms with van der Waals surface area (Å²) in [4.78, 5) is 25.8. The van der Waals surface area contributed by atoms with Crippen molar-refractivity contribution in [2.45, 2.75) is 0 Å². The summed E-state index contributed by atoms with van der Waals surface area (Å²) in [7, 11) is 0. The number of nitro groups is 1. The van der Waals surface area contributed by atoms with Crippen molar-refractivity contribution in [3.8, 4) is 5.69 Å². The highest BCUT2D eigenvalue weighted by Crippen LogP contribution is 2.18. The van der Waals surface area contributed by atoms with Gasteiger partial charge in [-0.3, -0.25) is 14.9 Å². The van der Waals surface area contributed by atoms with Crippen LogP contribution in [0.2, 0.25) is 0 Å². The number of rotatable bonds is 5. The van der Waals surface area contributed by atoms with Gasteiger partial charge in [-0.1, -0.05) is 12.1 Å². The average molecular weight is 373 g/mol. The van der Waals surface area contributed by atoms with E-state index in [9.17, 15) is 14.9 Å². The second-order valence-electron chi connectivity index (χ2n) is 6.02. The molecule has 0 saturated carbocycles. The maximum absolute atomic E-state index is 12.4. The van der Waals surface area contributed by atoms with Gasteiger partial charge < -0.3 is 9.55 Å². The van der Waals surface area contributed by atoms with E-state index in [0.717, 1.165) is 16.6 Å². The SMILES string of the molecule is O=C(N/N=C/c1cccn1-c1ccc([N+](=O)[O-])cc1)c1cccc2cc[nH]c12. The van der Waals surface area contributed by atoms with Crippen molar-refractivity contribution in [2.75, 3.05) is 0 Å². The molecule has 0 aliphatic rings. The first-order valence-electron chi connectivity index (χ1n) is 8.45. The Kier molecular flexibility index (Phi) is 4.43. The zero-order valence-corrected chi connectivity index (χ0v) is 14.6. The number of nitrogens with one attached hydrogen (secondary N) is 2. The number of aromatic amines is 1. The molecule has 138 valence electrons. The third kappa shape index (κ3) is 3.26. The highest BCUT2D eigenvalue weighted by atomic mass is 16.6. The molecule has 0 aliphatic heterocycles. The summed E-state index contributed by atoms with van der Waals surface area (Å²) in [6.07, 6.45) is 5.11. The standard InChI is InChI=1S/C20H15N5O3/c26-20(18-5-1-3-14-10-11-21-19(14)18)23-22-13-17-4-2-12-24(17)15-6-8-16(9-7-15)25(27)28/h1-13,21H,(H,23,26)/b22-13+. The fraction of sp³-hybridized carbons (Fsp3) is 0. The lowest BCUT2D eigenvalue weighted by molar-refractivity contribution is -0.384. The van der Waals surface area contributed by atoms with Crippen LogP contribution in [-0.2, 0) is 0 Å². The number of para-hydroxylation sites is 1. The van der Waals surface area contributed by atoms with Crippen LogP contribution in [-0.4, -0.2) is 26.6 Å². The maximum Gasteiger partial charge on any atom is 0.273 e. The Labute approximate surface area is 159 Å². The van der Waals surface area contributed by atoms with Crippen LogP contribution in [0.3, 0.4) is 0 Å². The van der Waals surface area contributed by atoms with E-state index < -0.39 is 4.92 Å². The number of fused-ring (bicyclic) bond motifs is 1. The molecule has 2 N–H and O–H groups in total. The fourth-order valence-corrected chi connectivity index (χ4v) is 2.96. The Hall–Kier alpha value is -4.20. The summed E-state index contributed by atoms with van der Waals surface area (Å²) < 4.78 is 1.81. The molecule has 4 rings (SSSR count). The number of carbonyl (C=O) groups excluding carboxylic acids is 1. The number of hydrazone groups is 1. The second-order valence-corrected chi connectivity index (χ2v) is 6.02. The van der Waals surface area contributed by atoms with Gasteiger partial charge in [0.15, 0.2) is 0 Å². The number of non-ortho nitro benzene ring substituents is 1. The molecule has 0 unspecified atom stereocenters. The normalized spacial score (nSPS) is 11.1. The molecule has 2 aromatic heterocycles. The number of nitrogens with zero attached hydrogens (tertiary/aromatic N) is 3. The molecule has 0 saturated heterocycles. The van der Waals surface area contributed by atoms with Crippen molar-refractivity contribution < 1.29 is 9.72 Å². The van der Waals surface area contributed by atoms with Crippen LogP contribution in [0.4, 0.5) is 5.69 Å². The van der Waals surface area contributed by atoms with E-state index in [4.69, 9.17) is 0 Å². The molecular weight excluding hydrogens is 358 g/mol. The van der Waals surface area contributed by atoms with Crippen LogP contribution < -0.4 is 5.43 Å². The van der Waals surface area contributed by atoms with Gasteiger partial charge in [0.05, 0.1) is 27.9 Å². The first-order valence-corrected chi connectivity index (χ1v) is 8.45. The monoisotopic (exact) mass is 373 g/mol. The molecule has 0 fully saturated rings. The highest BCUT2D eigenvalue weighted by Gasteiger charge is 2.10. The largest absolute Gasteiger partial charge is 0.361 e. The van der Waals surface area contributed by atoms with E-state index >= 15 is 0 Å². The van der Waals surface area contributed by atoms with Crippen molar-refractivity contribution >= 4 is 28.7 Å². The predicted molar refractivity (Wildman–Crippen MR) is 106 cm³/mol. The minimum Gasteiger partial charge on any atom is -0.361 e. The van der Waals surface area contributed by atoms with Crippen molar-refractivity contribution in [3.63, 3.8) is 0 Å². The zero-order chi connectivity index (χ0) is 19.5. The number of hydrogen-bond acceptors (Lipinski definition) is 4. The lowest BCUT2D eigenvalue weighted by Gasteiger charge is -2.06. The first-order chi connectivity index (χ1) is 13.6. The van der Waals surface area contributed by atoms with Crippen LogP contribution >= 0.6 is 0 Å². The molecule has 28 heavy (non-hydrogen) atoms. The molecule has 2 heterocycles. The molecular formula is C20H15N5O3. The molecule has 2 aromatic carbocycles. The summed E-state index contributed by atoms with van der Waals surface area (Å²) in [5.41, 5.74) is 5.28. The predicted octanol–water partition coefficient (Wildman–Crippen LogP) is 3.63. The van der Waals surface area contributed by atoms with Gasteiger partial charge >= 0.3 is 0 Å². The van der Waals surface area contributed by atoms with E-state index in [1.807, 2.05) is 41.1 Å². The number of H-pyrrole nitrogens is 1. The highest BCUT2D eigenvalue weighted by molar-refractivity contribution is 6.05. The quantitative estimate of drug-likeness (QED) is 0.317. The molecule has 8 nitrogen and oxygen atoms in total. The van der Waals surface area contributed by atoms with Gasteiger partial charge in [-0.25, -0.2) is 5.43 Å². The van der Waals surface area contributed by atoms with Crippen LogP contribution in [0.25, 0.3) is 16.6 Å². The number of hydrogen-bond donors (Lipinski definition) is 2. The Morgan fingerprint density at radius 2 is 1.93 bits per heavy atom. The van der Waals surface area contributed by atoms with Crippen molar-refractivity contribution in [2.24, 2.45) is 5.10 Å². The van der Waals surface area contributed by atoms with Crippen LogP contribution in [0, 0.1) is 10.1 Å². The minimum atomic E-state index is -0.442. The van der Waals surface area contributed by atoms with Crippen molar-refractivity contribution in [3.05, 3.63) is 94.4 Å².